The Morgan fingerprint density at radius 3 is 2.74 bits per heavy atom. The van der Waals surface area contributed by atoms with Crippen molar-refractivity contribution in [2.24, 2.45) is 11.8 Å². The third-order valence-corrected chi connectivity index (χ3v) is 3.97. The highest BCUT2D eigenvalue weighted by Crippen LogP contribution is 2.23. The minimum atomic E-state index is -0.224. The third-order valence-electron chi connectivity index (χ3n) is 3.97. The number of hydrogen-bond donors (Lipinski definition) is 1. The zero-order chi connectivity index (χ0) is 13.7. The number of amides is 1. The van der Waals surface area contributed by atoms with Crippen molar-refractivity contribution >= 4 is 5.91 Å². The smallest absolute Gasteiger partial charge is 0.223 e. The molecule has 1 atom stereocenters. The van der Waals surface area contributed by atoms with Gasteiger partial charge in [0.1, 0.15) is 5.82 Å². The SMILES string of the molecule is CC(Cc1ccccc1F)C(=O)NCC1CCCC1. The first-order valence-electron chi connectivity index (χ1n) is 7.18. The van der Waals surface area contributed by atoms with Crippen LogP contribution in [0.5, 0.6) is 0 Å². The molecule has 2 rings (SSSR count). The van der Waals surface area contributed by atoms with Crippen LogP contribution in [-0.2, 0) is 11.2 Å². The molecular weight excluding hydrogens is 241 g/mol. The summed E-state index contributed by atoms with van der Waals surface area (Å²) in [5.74, 6) is 0.274. The van der Waals surface area contributed by atoms with Gasteiger partial charge in [0.2, 0.25) is 5.91 Å². The van der Waals surface area contributed by atoms with E-state index in [9.17, 15) is 9.18 Å². The molecule has 3 heteroatoms. The van der Waals surface area contributed by atoms with Crippen LogP contribution >= 0.6 is 0 Å². The van der Waals surface area contributed by atoms with E-state index >= 15 is 0 Å². The molecule has 1 aromatic rings. The maximum atomic E-state index is 13.5. The Hall–Kier alpha value is -1.38. The maximum Gasteiger partial charge on any atom is 0.223 e. The van der Waals surface area contributed by atoms with Crippen molar-refractivity contribution in [2.75, 3.05) is 6.54 Å². The van der Waals surface area contributed by atoms with E-state index in [2.05, 4.69) is 5.32 Å². The predicted octanol–water partition coefficient (Wildman–Crippen LogP) is 3.31. The van der Waals surface area contributed by atoms with E-state index in [0.29, 0.717) is 17.9 Å². The number of nitrogens with one attached hydrogen (secondary N) is 1. The van der Waals surface area contributed by atoms with Crippen LogP contribution in [-0.4, -0.2) is 12.5 Å². The predicted molar refractivity (Wildman–Crippen MR) is 74.2 cm³/mol. The van der Waals surface area contributed by atoms with Crippen LogP contribution in [0.2, 0.25) is 0 Å². The van der Waals surface area contributed by atoms with Gasteiger partial charge >= 0.3 is 0 Å². The molecule has 0 saturated heterocycles. The van der Waals surface area contributed by atoms with Crippen LogP contribution in [0, 0.1) is 17.7 Å². The van der Waals surface area contributed by atoms with Gasteiger partial charge in [-0.05, 0) is 36.8 Å². The summed E-state index contributed by atoms with van der Waals surface area (Å²) in [5.41, 5.74) is 0.617. The maximum absolute atomic E-state index is 13.5. The summed E-state index contributed by atoms with van der Waals surface area (Å²) in [5, 5.41) is 3.00. The number of benzene rings is 1. The lowest BCUT2D eigenvalue weighted by molar-refractivity contribution is -0.124. The quantitative estimate of drug-likeness (QED) is 0.867. The molecule has 0 heterocycles. The first-order chi connectivity index (χ1) is 9.16. The Labute approximate surface area is 114 Å². The Morgan fingerprint density at radius 1 is 1.37 bits per heavy atom. The van der Waals surface area contributed by atoms with Gasteiger partial charge in [0.25, 0.3) is 0 Å². The summed E-state index contributed by atoms with van der Waals surface area (Å²) >= 11 is 0. The topological polar surface area (TPSA) is 29.1 Å². The van der Waals surface area contributed by atoms with Crippen LogP contribution in [0.1, 0.15) is 38.2 Å². The largest absolute Gasteiger partial charge is 0.356 e. The van der Waals surface area contributed by atoms with Crippen molar-refractivity contribution < 1.29 is 9.18 Å². The standard InChI is InChI=1S/C16H22FNO/c1-12(10-14-8-4-5-9-15(14)17)16(19)18-11-13-6-2-3-7-13/h4-5,8-9,12-13H,2-3,6-7,10-11H2,1H3,(H,18,19). The lowest BCUT2D eigenvalue weighted by atomic mass is 9.99. The van der Waals surface area contributed by atoms with E-state index in [0.717, 1.165) is 6.54 Å². The fraction of sp³-hybridized carbons (Fsp3) is 0.562. The summed E-state index contributed by atoms with van der Waals surface area (Å²) in [7, 11) is 0. The van der Waals surface area contributed by atoms with Crippen molar-refractivity contribution in [3.63, 3.8) is 0 Å². The van der Waals surface area contributed by atoms with Crippen molar-refractivity contribution in [1.82, 2.24) is 5.32 Å². The summed E-state index contributed by atoms with van der Waals surface area (Å²) in [4.78, 5) is 12.0. The highest BCUT2D eigenvalue weighted by molar-refractivity contribution is 5.78. The fourth-order valence-electron chi connectivity index (χ4n) is 2.72. The molecule has 0 bridgehead atoms. The van der Waals surface area contributed by atoms with E-state index in [-0.39, 0.29) is 17.6 Å². The second-order valence-electron chi connectivity index (χ2n) is 5.59. The molecular formula is C16H22FNO. The molecule has 1 aromatic carbocycles. The average Bonchev–Trinajstić information content (AvgIpc) is 2.91. The molecule has 1 aliphatic carbocycles. The van der Waals surface area contributed by atoms with Gasteiger partial charge in [0.15, 0.2) is 0 Å². The summed E-state index contributed by atoms with van der Waals surface area (Å²) in [6.45, 7) is 2.64. The van der Waals surface area contributed by atoms with Crippen LogP contribution in [0.4, 0.5) is 4.39 Å². The number of rotatable bonds is 5. The number of carbonyl (C=O) groups is 1. The molecule has 1 saturated carbocycles. The van der Waals surface area contributed by atoms with Crippen molar-refractivity contribution in [1.29, 1.82) is 0 Å². The zero-order valence-corrected chi connectivity index (χ0v) is 11.5. The minimum absolute atomic E-state index is 0.0372. The lowest BCUT2D eigenvalue weighted by Crippen LogP contribution is -2.33. The number of carbonyl (C=O) groups excluding carboxylic acids is 1. The van der Waals surface area contributed by atoms with Gasteiger partial charge in [-0.15, -0.1) is 0 Å². The zero-order valence-electron chi connectivity index (χ0n) is 11.5. The van der Waals surface area contributed by atoms with Gasteiger partial charge in [-0.25, -0.2) is 4.39 Å². The Balaban J connectivity index is 1.80. The van der Waals surface area contributed by atoms with Crippen LogP contribution < -0.4 is 5.32 Å². The Kier molecular flexibility index (Phi) is 4.94. The van der Waals surface area contributed by atoms with E-state index < -0.39 is 0 Å². The van der Waals surface area contributed by atoms with Gasteiger partial charge in [-0.3, -0.25) is 4.79 Å². The molecule has 1 N–H and O–H groups in total. The van der Waals surface area contributed by atoms with Crippen molar-refractivity contribution in [3.8, 4) is 0 Å². The number of halogens is 1. The summed E-state index contributed by atoms with van der Waals surface area (Å²) < 4.78 is 13.5. The Morgan fingerprint density at radius 2 is 2.05 bits per heavy atom. The Bertz CT molecular complexity index is 427. The molecule has 1 fully saturated rings. The van der Waals surface area contributed by atoms with E-state index in [1.807, 2.05) is 13.0 Å². The van der Waals surface area contributed by atoms with E-state index in [1.54, 1.807) is 12.1 Å². The van der Waals surface area contributed by atoms with Crippen molar-refractivity contribution in [3.05, 3.63) is 35.6 Å². The molecule has 0 spiro atoms. The second-order valence-corrected chi connectivity index (χ2v) is 5.59. The molecule has 0 aromatic heterocycles. The van der Waals surface area contributed by atoms with Gasteiger partial charge in [0, 0.05) is 12.5 Å². The van der Waals surface area contributed by atoms with Crippen LogP contribution in [0.15, 0.2) is 24.3 Å². The van der Waals surface area contributed by atoms with Gasteiger partial charge in [-0.2, -0.15) is 0 Å². The van der Waals surface area contributed by atoms with Crippen molar-refractivity contribution in [2.45, 2.75) is 39.0 Å². The van der Waals surface area contributed by atoms with Crippen LogP contribution in [0.25, 0.3) is 0 Å². The third kappa shape index (κ3) is 4.05. The molecule has 104 valence electrons. The molecule has 1 aliphatic rings. The van der Waals surface area contributed by atoms with E-state index in [4.69, 9.17) is 0 Å². The summed E-state index contributed by atoms with van der Waals surface area (Å²) in [6.07, 6.45) is 5.48. The normalized spacial score (nSPS) is 17.4. The van der Waals surface area contributed by atoms with Gasteiger partial charge in [0.05, 0.1) is 0 Å². The molecule has 19 heavy (non-hydrogen) atoms. The summed E-state index contributed by atoms with van der Waals surface area (Å²) in [6, 6.07) is 6.67. The molecule has 2 nitrogen and oxygen atoms in total. The second kappa shape index (κ2) is 6.69. The molecule has 1 amide bonds. The monoisotopic (exact) mass is 263 g/mol. The lowest BCUT2D eigenvalue weighted by Gasteiger charge is -2.15. The molecule has 0 aliphatic heterocycles. The average molecular weight is 263 g/mol. The van der Waals surface area contributed by atoms with Crippen LogP contribution in [0.3, 0.4) is 0 Å². The molecule has 1 unspecified atom stereocenters. The highest BCUT2D eigenvalue weighted by atomic mass is 19.1. The number of hydrogen-bond acceptors (Lipinski definition) is 1. The molecule has 0 radical (unpaired) electrons. The minimum Gasteiger partial charge on any atom is -0.356 e. The first kappa shape index (κ1) is 14.0. The van der Waals surface area contributed by atoms with Gasteiger partial charge in [-0.1, -0.05) is 38.0 Å². The fourth-order valence-corrected chi connectivity index (χ4v) is 2.72. The highest BCUT2D eigenvalue weighted by Gasteiger charge is 2.19. The van der Waals surface area contributed by atoms with E-state index in [1.165, 1.54) is 31.7 Å². The first-order valence-corrected chi connectivity index (χ1v) is 7.18. The van der Waals surface area contributed by atoms with Gasteiger partial charge < -0.3 is 5.32 Å².